The lowest BCUT2D eigenvalue weighted by Crippen LogP contribution is -2.54. The Kier molecular flexibility index (Phi) is 8.59. The lowest BCUT2D eigenvalue weighted by Gasteiger charge is -2.41. The van der Waals surface area contributed by atoms with Gasteiger partial charge in [-0.3, -0.25) is 4.90 Å². The fourth-order valence-corrected chi connectivity index (χ4v) is 3.13. The molecular weight excluding hydrogens is 331 g/mol. The summed E-state index contributed by atoms with van der Waals surface area (Å²) in [4.78, 5) is 2.42. The first-order valence-electron chi connectivity index (χ1n) is 7.57. The Morgan fingerprint density at radius 2 is 1.48 bits per heavy atom. The van der Waals surface area contributed by atoms with Gasteiger partial charge in [0.2, 0.25) is 0 Å². The summed E-state index contributed by atoms with van der Waals surface area (Å²) in [5, 5.41) is 13.1. The van der Waals surface area contributed by atoms with Crippen LogP contribution >= 0.6 is 24.8 Å². The maximum Gasteiger partial charge on any atom is 0.0606 e. The molecule has 0 aromatic heterocycles. The van der Waals surface area contributed by atoms with Gasteiger partial charge in [-0.1, -0.05) is 60.7 Å². The summed E-state index contributed by atoms with van der Waals surface area (Å²) in [5.74, 6) is 0. The summed E-state index contributed by atoms with van der Waals surface area (Å²) in [6.45, 7) is 2.93. The number of aliphatic hydroxyl groups is 1. The first kappa shape index (κ1) is 19.9. The molecule has 0 unspecified atom stereocenters. The van der Waals surface area contributed by atoms with Crippen molar-refractivity contribution < 1.29 is 5.11 Å². The summed E-state index contributed by atoms with van der Waals surface area (Å²) in [6, 6.07) is 21.5. The molecule has 0 radical (unpaired) electrons. The molecule has 1 heterocycles. The SMILES string of the molecule is Cl.Cl.OC[C@H]1CNCCN1C(c1ccccc1)c1ccccc1. The molecule has 0 bridgehead atoms. The first-order chi connectivity index (χ1) is 10.4. The molecule has 1 aliphatic rings. The van der Waals surface area contributed by atoms with Crippen molar-refractivity contribution in [3.8, 4) is 0 Å². The van der Waals surface area contributed by atoms with E-state index in [4.69, 9.17) is 0 Å². The number of hydrogen-bond acceptors (Lipinski definition) is 3. The van der Waals surface area contributed by atoms with E-state index < -0.39 is 0 Å². The third kappa shape index (κ3) is 4.69. The highest BCUT2D eigenvalue weighted by atomic mass is 35.5. The second-order valence-corrected chi connectivity index (χ2v) is 5.50. The number of rotatable bonds is 4. The zero-order valence-corrected chi connectivity index (χ0v) is 14.6. The van der Waals surface area contributed by atoms with Crippen LogP contribution in [0.3, 0.4) is 0 Å². The molecular formula is C18H24Cl2N2O. The van der Waals surface area contributed by atoms with Crippen molar-refractivity contribution in [2.75, 3.05) is 26.2 Å². The Balaban J connectivity index is 0.00000132. The molecule has 3 rings (SSSR count). The highest BCUT2D eigenvalue weighted by Gasteiger charge is 2.30. The summed E-state index contributed by atoms with van der Waals surface area (Å²) in [7, 11) is 0. The van der Waals surface area contributed by atoms with Gasteiger partial charge in [0.15, 0.2) is 0 Å². The molecule has 0 aliphatic carbocycles. The van der Waals surface area contributed by atoms with Gasteiger partial charge < -0.3 is 10.4 Å². The van der Waals surface area contributed by atoms with E-state index >= 15 is 0 Å². The number of aliphatic hydroxyl groups excluding tert-OH is 1. The van der Waals surface area contributed by atoms with Crippen molar-refractivity contribution in [1.29, 1.82) is 0 Å². The molecule has 0 spiro atoms. The summed E-state index contributed by atoms with van der Waals surface area (Å²) in [5.41, 5.74) is 2.56. The molecule has 3 nitrogen and oxygen atoms in total. The molecule has 2 aromatic carbocycles. The molecule has 0 saturated carbocycles. The molecule has 2 aromatic rings. The highest BCUT2D eigenvalue weighted by molar-refractivity contribution is 5.85. The van der Waals surface area contributed by atoms with E-state index in [0.29, 0.717) is 0 Å². The maximum absolute atomic E-state index is 9.72. The summed E-state index contributed by atoms with van der Waals surface area (Å²) < 4.78 is 0. The van der Waals surface area contributed by atoms with Gasteiger partial charge in [0.25, 0.3) is 0 Å². The third-order valence-electron chi connectivity index (χ3n) is 4.17. The van der Waals surface area contributed by atoms with Crippen molar-refractivity contribution in [2.24, 2.45) is 0 Å². The fraction of sp³-hybridized carbons (Fsp3) is 0.333. The van der Waals surface area contributed by atoms with Gasteiger partial charge in [-0.05, 0) is 11.1 Å². The zero-order valence-electron chi connectivity index (χ0n) is 13.0. The van der Waals surface area contributed by atoms with Gasteiger partial charge in [-0.25, -0.2) is 0 Å². The average Bonchev–Trinajstić information content (AvgIpc) is 2.58. The Morgan fingerprint density at radius 1 is 0.957 bits per heavy atom. The van der Waals surface area contributed by atoms with Gasteiger partial charge in [0, 0.05) is 25.7 Å². The topological polar surface area (TPSA) is 35.5 Å². The van der Waals surface area contributed by atoms with Crippen LogP contribution in [0.1, 0.15) is 17.2 Å². The molecule has 1 saturated heterocycles. The average molecular weight is 355 g/mol. The van der Waals surface area contributed by atoms with E-state index in [1.165, 1.54) is 11.1 Å². The van der Waals surface area contributed by atoms with E-state index in [1.807, 2.05) is 12.1 Å². The Morgan fingerprint density at radius 3 is 1.96 bits per heavy atom. The van der Waals surface area contributed by atoms with Crippen LogP contribution < -0.4 is 5.32 Å². The molecule has 126 valence electrons. The predicted octanol–water partition coefficient (Wildman–Crippen LogP) is 2.89. The van der Waals surface area contributed by atoms with Gasteiger partial charge in [0.1, 0.15) is 0 Å². The standard InChI is InChI=1S/C18H22N2O.2ClH/c21-14-17-13-19-11-12-20(17)18(15-7-3-1-4-8-15)16-9-5-2-6-10-16;;/h1-10,17-19,21H,11-14H2;2*1H/t17-;;/m1../s1. The van der Waals surface area contributed by atoms with Crippen molar-refractivity contribution in [3.63, 3.8) is 0 Å². The highest BCUT2D eigenvalue weighted by Crippen LogP contribution is 2.30. The van der Waals surface area contributed by atoms with Crippen molar-refractivity contribution in [3.05, 3.63) is 71.8 Å². The van der Waals surface area contributed by atoms with Gasteiger partial charge in [-0.15, -0.1) is 24.8 Å². The lowest BCUT2D eigenvalue weighted by molar-refractivity contribution is 0.0760. The van der Waals surface area contributed by atoms with Crippen molar-refractivity contribution in [2.45, 2.75) is 12.1 Å². The van der Waals surface area contributed by atoms with Crippen LogP contribution in [0.25, 0.3) is 0 Å². The molecule has 1 fully saturated rings. The number of halogens is 2. The van der Waals surface area contributed by atoms with Gasteiger partial charge >= 0.3 is 0 Å². The van der Waals surface area contributed by atoms with Crippen LogP contribution in [-0.2, 0) is 0 Å². The van der Waals surface area contributed by atoms with E-state index in [1.54, 1.807) is 0 Å². The van der Waals surface area contributed by atoms with Crippen LogP contribution in [0, 0.1) is 0 Å². The monoisotopic (exact) mass is 354 g/mol. The second-order valence-electron chi connectivity index (χ2n) is 5.50. The Bertz CT molecular complexity index is 514. The van der Waals surface area contributed by atoms with Gasteiger partial charge in [0.05, 0.1) is 12.6 Å². The minimum Gasteiger partial charge on any atom is -0.395 e. The van der Waals surface area contributed by atoms with E-state index in [9.17, 15) is 5.11 Å². The zero-order chi connectivity index (χ0) is 14.5. The third-order valence-corrected chi connectivity index (χ3v) is 4.17. The number of hydrogen-bond donors (Lipinski definition) is 2. The molecule has 23 heavy (non-hydrogen) atoms. The molecule has 5 heteroatoms. The van der Waals surface area contributed by atoms with Crippen LogP contribution in [0.2, 0.25) is 0 Å². The van der Waals surface area contributed by atoms with Crippen LogP contribution in [0.4, 0.5) is 0 Å². The minimum atomic E-state index is 0. The van der Waals surface area contributed by atoms with E-state index in [2.05, 4.69) is 58.7 Å². The van der Waals surface area contributed by atoms with Gasteiger partial charge in [-0.2, -0.15) is 0 Å². The normalized spacial score (nSPS) is 18.1. The molecule has 2 N–H and O–H groups in total. The molecule has 0 amide bonds. The second kappa shape index (κ2) is 9.91. The van der Waals surface area contributed by atoms with E-state index in [0.717, 1.165) is 19.6 Å². The Hall–Kier alpha value is -1.10. The lowest BCUT2D eigenvalue weighted by atomic mass is 9.95. The quantitative estimate of drug-likeness (QED) is 0.885. The van der Waals surface area contributed by atoms with Crippen LogP contribution in [0.5, 0.6) is 0 Å². The Labute approximate surface area is 150 Å². The fourth-order valence-electron chi connectivity index (χ4n) is 3.13. The van der Waals surface area contributed by atoms with E-state index in [-0.39, 0.29) is 43.5 Å². The number of benzene rings is 2. The first-order valence-corrected chi connectivity index (χ1v) is 7.57. The predicted molar refractivity (Wildman–Crippen MR) is 99.7 cm³/mol. The van der Waals surface area contributed by atoms with Crippen LogP contribution in [0.15, 0.2) is 60.7 Å². The van der Waals surface area contributed by atoms with Crippen molar-refractivity contribution in [1.82, 2.24) is 10.2 Å². The molecule has 1 atom stereocenters. The van der Waals surface area contributed by atoms with Crippen LogP contribution in [-0.4, -0.2) is 42.3 Å². The number of nitrogens with one attached hydrogen (secondary N) is 1. The number of piperazine rings is 1. The summed E-state index contributed by atoms with van der Waals surface area (Å²) >= 11 is 0. The maximum atomic E-state index is 9.72. The largest absolute Gasteiger partial charge is 0.395 e. The number of nitrogens with zero attached hydrogens (tertiary/aromatic N) is 1. The molecule has 1 aliphatic heterocycles. The minimum absolute atomic E-state index is 0. The smallest absolute Gasteiger partial charge is 0.0606 e. The van der Waals surface area contributed by atoms with Crippen molar-refractivity contribution >= 4 is 24.8 Å². The summed E-state index contributed by atoms with van der Waals surface area (Å²) in [6.07, 6.45) is 0.